The van der Waals surface area contributed by atoms with Crippen LogP contribution in [0.2, 0.25) is 5.02 Å². The van der Waals surface area contributed by atoms with Gasteiger partial charge in [-0.15, -0.1) is 0 Å². The first-order valence-corrected chi connectivity index (χ1v) is 10.4. The molecular weight excluding hydrogens is 388 g/mol. The molecule has 1 amide bonds. The minimum atomic E-state index is -0.113. The van der Waals surface area contributed by atoms with E-state index in [-0.39, 0.29) is 11.9 Å². The molecule has 2 aliphatic heterocycles. The van der Waals surface area contributed by atoms with Crippen LogP contribution < -0.4 is 5.32 Å². The number of hydrogen-bond donors (Lipinski definition) is 2. The second kappa shape index (κ2) is 7.78. The highest BCUT2D eigenvalue weighted by Crippen LogP contribution is 2.30. The topological polar surface area (TPSA) is 70.2 Å². The summed E-state index contributed by atoms with van der Waals surface area (Å²) in [6.45, 7) is 2.27. The Kier molecular flexibility index (Phi) is 4.99. The number of carbonyl (C=O) groups is 1. The number of ether oxygens (including phenoxy) is 1. The summed E-state index contributed by atoms with van der Waals surface area (Å²) in [6, 6.07) is 16.4. The van der Waals surface area contributed by atoms with Gasteiger partial charge >= 0.3 is 0 Å². The maximum atomic E-state index is 12.9. The van der Waals surface area contributed by atoms with E-state index in [4.69, 9.17) is 16.3 Å². The smallest absolute Gasteiger partial charge is 0.272 e. The molecule has 2 bridgehead atoms. The van der Waals surface area contributed by atoms with Gasteiger partial charge in [0.2, 0.25) is 0 Å². The minimum absolute atomic E-state index is 0.113. The van der Waals surface area contributed by atoms with E-state index >= 15 is 0 Å². The molecule has 2 atom stereocenters. The molecule has 2 saturated heterocycles. The normalized spacial score (nSPS) is 24.5. The average Bonchev–Trinajstić information content (AvgIpc) is 3.14. The van der Waals surface area contributed by atoms with Crippen molar-refractivity contribution >= 4 is 28.4 Å². The fourth-order valence-electron chi connectivity index (χ4n) is 4.56. The summed E-state index contributed by atoms with van der Waals surface area (Å²) >= 11 is 6.02. The van der Waals surface area contributed by atoms with Crippen molar-refractivity contribution in [3.63, 3.8) is 0 Å². The Bertz CT molecular complexity index is 1010. The van der Waals surface area contributed by atoms with E-state index in [0.29, 0.717) is 31.0 Å². The molecule has 150 valence electrons. The lowest BCUT2D eigenvalue weighted by Crippen LogP contribution is -2.60. The molecule has 1 aromatic heterocycles. The number of fused-ring (bicyclic) bond motifs is 3. The first-order valence-electron chi connectivity index (χ1n) is 9.99. The van der Waals surface area contributed by atoms with Gasteiger partial charge in [-0.1, -0.05) is 41.9 Å². The van der Waals surface area contributed by atoms with Crippen LogP contribution in [0.15, 0.2) is 48.5 Å². The standard InChI is InChI=1S/C22H23ClN4O2/c23-15-7-5-14(6-8-15)11-27-17-9-16(10-18(27)13-29-12-17)24-22(28)21-19-3-1-2-4-20(19)25-26-21/h1-8,16-18H,9-13H2,(H,24,28)(H,25,26). The van der Waals surface area contributed by atoms with Crippen molar-refractivity contribution in [1.82, 2.24) is 20.4 Å². The summed E-state index contributed by atoms with van der Waals surface area (Å²) in [5, 5.41) is 12.0. The van der Waals surface area contributed by atoms with Crippen LogP contribution in [-0.2, 0) is 11.3 Å². The van der Waals surface area contributed by atoms with Crippen molar-refractivity contribution in [2.45, 2.75) is 37.5 Å². The van der Waals surface area contributed by atoms with Crippen molar-refractivity contribution < 1.29 is 9.53 Å². The van der Waals surface area contributed by atoms with Gasteiger partial charge in [0.25, 0.3) is 5.91 Å². The summed E-state index contributed by atoms with van der Waals surface area (Å²) in [5.74, 6) is -0.113. The Labute approximate surface area is 174 Å². The molecule has 5 rings (SSSR count). The van der Waals surface area contributed by atoms with Crippen LogP contribution in [0.3, 0.4) is 0 Å². The first-order chi connectivity index (χ1) is 14.2. The van der Waals surface area contributed by atoms with Crippen LogP contribution in [0.1, 0.15) is 28.9 Å². The third kappa shape index (κ3) is 3.75. The Morgan fingerprint density at radius 3 is 2.62 bits per heavy atom. The maximum absolute atomic E-state index is 12.9. The maximum Gasteiger partial charge on any atom is 0.272 e. The highest BCUT2D eigenvalue weighted by Gasteiger charge is 2.39. The van der Waals surface area contributed by atoms with Crippen molar-refractivity contribution in [2.24, 2.45) is 0 Å². The summed E-state index contributed by atoms with van der Waals surface area (Å²) < 4.78 is 5.81. The zero-order valence-electron chi connectivity index (χ0n) is 16.0. The summed E-state index contributed by atoms with van der Waals surface area (Å²) in [5.41, 5.74) is 2.59. The molecule has 2 fully saturated rings. The minimum Gasteiger partial charge on any atom is -0.378 e. The molecule has 2 aromatic carbocycles. The fourth-order valence-corrected chi connectivity index (χ4v) is 4.68. The molecular formula is C22H23ClN4O2. The van der Waals surface area contributed by atoms with E-state index < -0.39 is 0 Å². The van der Waals surface area contributed by atoms with Gasteiger partial charge in [-0.25, -0.2) is 0 Å². The number of piperidine rings is 1. The number of halogens is 1. The van der Waals surface area contributed by atoms with Gasteiger partial charge in [0.1, 0.15) is 0 Å². The summed E-state index contributed by atoms with van der Waals surface area (Å²) in [6.07, 6.45) is 1.75. The average molecular weight is 411 g/mol. The Morgan fingerprint density at radius 1 is 1.14 bits per heavy atom. The molecule has 0 saturated carbocycles. The first kappa shape index (κ1) is 18.6. The number of para-hydroxylation sites is 1. The quantitative estimate of drug-likeness (QED) is 0.691. The van der Waals surface area contributed by atoms with Gasteiger partial charge in [-0.05, 0) is 36.6 Å². The number of nitrogens with zero attached hydrogens (tertiary/aromatic N) is 2. The molecule has 0 aliphatic carbocycles. The predicted octanol–water partition coefficient (Wildman–Crippen LogP) is 3.38. The van der Waals surface area contributed by atoms with E-state index in [1.165, 1.54) is 5.56 Å². The van der Waals surface area contributed by atoms with E-state index in [2.05, 4.69) is 32.5 Å². The summed E-state index contributed by atoms with van der Waals surface area (Å²) in [7, 11) is 0. The number of benzene rings is 2. The van der Waals surface area contributed by atoms with E-state index in [1.54, 1.807) is 0 Å². The molecule has 2 N–H and O–H groups in total. The summed E-state index contributed by atoms with van der Waals surface area (Å²) in [4.78, 5) is 15.4. The zero-order valence-corrected chi connectivity index (χ0v) is 16.7. The van der Waals surface area contributed by atoms with Gasteiger partial charge in [0, 0.05) is 35.1 Å². The zero-order chi connectivity index (χ0) is 19.8. The van der Waals surface area contributed by atoms with Gasteiger partial charge in [0.15, 0.2) is 5.69 Å². The van der Waals surface area contributed by atoms with Gasteiger partial charge in [-0.2, -0.15) is 5.10 Å². The number of amides is 1. The molecule has 3 heterocycles. The van der Waals surface area contributed by atoms with E-state index in [0.717, 1.165) is 35.3 Å². The number of carbonyl (C=O) groups excluding carboxylic acids is 1. The predicted molar refractivity (Wildman–Crippen MR) is 112 cm³/mol. The molecule has 29 heavy (non-hydrogen) atoms. The molecule has 2 unspecified atom stereocenters. The molecule has 2 aliphatic rings. The lowest BCUT2D eigenvalue weighted by Gasteiger charge is -2.48. The van der Waals surface area contributed by atoms with Crippen LogP contribution >= 0.6 is 11.6 Å². The van der Waals surface area contributed by atoms with Crippen molar-refractivity contribution in [2.75, 3.05) is 13.2 Å². The van der Waals surface area contributed by atoms with Gasteiger partial charge in [0.05, 0.1) is 18.7 Å². The monoisotopic (exact) mass is 410 g/mol. The number of H-pyrrole nitrogens is 1. The number of aromatic amines is 1. The van der Waals surface area contributed by atoms with Gasteiger partial charge < -0.3 is 10.1 Å². The molecule has 3 aromatic rings. The lowest BCUT2D eigenvalue weighted by atomic mass is 9.89. The number of rotatable bonds is 4. The highest BCUT2D eigenvalue weighted by molar-refractivity contribution is 6.30. The highest BCUT2D eigenvalue weighted by atomic mass is 35.5. The molecule has 0 spiro atoms. The second-order valence-corrected chi connectivity index (χ2v) is 8.34. The number of morpholine rings is 1. The third-order valence-corrected chi connectivity index (χ3v) is 6.22. The Balaban J connectivity index is 1.28. The van der Waals surface area contributed by atoms with Crippen LogP contribution in [0.25, 0.3) is 10.9 Å². The molecule has 0 radical (unpaired) electrons. The van der Waals surface area contributed by atoms with Crippen LogP contribution in [-0.4, -0.2) is 52.3 Å². The Hall–Kier alpha value is -2.41. The van der Waals surface area contributed by atoms with Crippen molar-refractivity contribution in [1.29, 1.82) is 0 Å². The van der Waals surface area contributed by atoms with E-state index in [1.807, 2.05) is 36.4 Å². The fraction of sp³-hybridized carbons (Fsp3) is 0.364. The Morgan fingerprint density at radius 2 is 1.86 bits per heavy atom. The number of aromatic nitrogens is 2. The molecule has 6 nitrogen and oxygen atoms in total. The van der Waals surface area contributed by atoms with Crippen molar-refractivity contribution in [3.05, 3.63) is 64.8 Å². The van der Waals surface area contributed by atoms with Crippen LogP contribution in [0.4, 0.5) is 0 Å². The number of nitrogens with one attached hydrogen (secondary N) is 2. The van der Waals surface area contributed by atoms with Crippen LogP contribution in [0.5, 0.6) is 0 Å². The van der Waals surface area contributed by atoms with Crippen LogP contribution in [0, 0.1) is 0 Å². The third-order valence-electron chi connectivity index (χ3n) is 5.97. The largest absolute Gasteiger partial charge is 0.378 e. The second-order valence-electron chi connectivity index (χ2n) is 7.90. The SMILES string of the molecule is O=C(NC1CC2COCC(C1)N2Cc1ccc(Cl)cc1)c1n[nH]c2ccccc12. The van der Waals surface area contributed by atoms with Crippen molar-refractivity contribution in [3.8, 4) is 0 Å². The van der Waals surface area contributed by atoms with E-state index in [9.17, 15) is 4.79 Å². The lowest BCUT2D eigenvalue weighted by molar-refractivity contribution is -0.0843. The van der Waals surface area contributed by atoms with Gasteiger partial charge in [-0.3, -0.25) is 14.8 Å². The number of hydrogen-bond acceptors (Lipinski definition) is 4. The molecule has 7 heteroatoms.